The van der Waals surface area contributed by atoms with Crippen molar-refractivity contribution in [3.63, 3.8) is 0 Å². The number of pyridine rings is 1. The Hall–Kier alpha value is -0.971. The van der Waals surface area contributed by atoms with Crippen LogP contribution < -0.4 is 10.7 Å². The van der Waals surface area contributed by atoms with Gasteiger partial charge in [0.05, 0.1) is 11.4 Å². The van der Waals surface area contributed by atoms with Crippen LogP contribution in [0, 0.1) is 0 Å². The number of nitrogens with one attached hydrogen (secondary N) is 2. The van der Waals surface area contributed by atoms with Crippen molar-refractivity contribution in [2.75, 3.05) is 0 Å². The molecule has 4 nitrogen and oxygen atoms in total. The molecule has 101 valence electrons. The molecule has 1 rings (SSSR count). The molecular weight excluding hydrogens is 296 g/mol. The Balaban J connectivity index is 0.00000289. The van der Waals surface area contributed by atoms with Crippen molar-refractivity contribution in [3.05, 3.63) is 30.1 Å². The second kappa shape index (κ2) is 9.03. The van der Waals surface area contributed by atoms with E-state index in [9.17, 15) is 0 Å². The largest absolute Gasteiger partial charge is 2.00 e. The van der Waals surface area contributed by atoms with Gasteiger partial charge in [-0.2, -0.15) is 5.10 Å². The molecule has 6 heteroatoms. The molecular formula is C12H18CuN4S+2. The molecule has 0 aliphatic rings. The number of hydrogen-bond donors (Lipinski definition) is 2. The van der Waals surface area contributed by atoms with Crippen molar-refractivity contribution in [1.29, 1.82) is 0 Å². The van der Waals surface area contributed by atoms with E-state index in [1.54, 1.807) is 6.20 Å². The Labute approximate surface area is 124 Å². The molecule has 18 heavy (non-hydrogen) atoms. The fourth-order valence-corrected chi connectivity index (χ4v) is 1.37. The monoisotopic (exact) mass is 313 g/mol. The molecule has 1 heterocycles. The molecule has 0 amide bonds. The van der Waals surface area contributed by atoms with E-state index in [0.717, 1.165) is 17.8 Å². The third-order valence-corrected chi connectivity index (χ3v) is 2.56. The maximum Gasteiger partial charge on any atom is 2.00 e. The minimum absolute atomic E-state index is 0. The van der Waals surface area contributed by atoms with Gasteiger partial charge in [-0.1, -0.05) is 13.0 Å². The molecule has 0 aliphatic carbocycles. The average molecular weight is 314 g/mol. The summed E-state index contributed by atoms with van der Waals surface area (Å²) < 4.78 is 0. The topological polar surface area (TPSA) is 49.3 Å². The zero-order valence-corrected chi connectivity index (χ0v) is 12.5. The van der Waals surface area contributed by atoms with Crippen LogP contribution in [0.2, 0.25) is 0 Å². The zero-order chi connectivity index (χ0) is 12.7. The second-order valence-corrected chi connectivity index (χ2v) is 4.22. The van der Waals surface area contributed by atoms with Crippen LogP contribution in [0.1, 0.15) is 32.9 Å². The molecule has 0 saturated heterocycles. The van der Waals surface area contributed by atoms with Gasteiger partial charge in [0.15, 0.2) is 5.11 Å². The fourth-order valence-electron chi connectivity index (χ4n) is 1.13. The number of hydrazone groups is 1. The molecule has 0 fully saturated rings. The van der Waals surface area contributed by atoms with Gasteiger partial charge < -0.3 is 5.32 Å². The van der Waals surface area contributed by atoms with E-state index >= 15 is 0 Å². The molecule has 1 aromatic heterocycles. The molecule has 0 saturated carbocycles. The van der Waals surface area contributed by atoms with Crippen molar-refractivity contribution in [2.45, 2.75) is 33.2 Å². The number of nitrogens with zero attached hydrogens (tertiary/aromatic N) is 2. The van der Waals surface area contributed by atoms with Gasteiger partial charge in [-0.05, 0) is 44.6 Å². The number of rotatable bonds is 4. The summed E-state index contributed by atoms with van der Waals surface area (Å²) in [6.07, 6.45) is 2.76. The maximum atomic E-state index is 5.12. The predicted molar refractivity (Wildman–Crippen MR) is 75.1 cm³/mol. The van der Waals surface area contributed by atoms with Gasteiger partial charge in [-0.15, -0.1) is 0 Å². The number of thiocarbonyl (C=S) groups is 1. The standard InChI is InChI=1S/C12H18N4S.Cu/c1-4-9(2)14-12(17)16-15-10(3)11-7-5-6-8-13-11;/h5-9H,4H2,1-3H3,(H2,14,16,17);/q;+2. The third-order valence-electron chi connectivity index (χ3n) is 2.35. The molecule has 1 unspecified atom stereocenters. The molecule has 0 bridgehead atoms. The second-order valence-electron chi connectivity index (χ2n) is 3.81. The summed E-state index contributed by atoms with van der Waals surface area (Å²) in [6, 6.07) is 6.06. The number of aromatic nitrogens is 1. The summed E-state index contributed by atoms with van der Waals surface area (Å²) in [7, 11) is 0. The van der Waals surface area contributed by atoms with Gasteiger partial charge in [-0.3, -0.25) is 10.4 Å². The smallest absolute Gasteiger partial charge is 0.359 e. The van der Waals surface area contributed by atoms with Crippen LogP contribution in [0.15, 0.2) is 29.5 Å². The summed E-state index contributed by atoms with van der Waals surface area (Å²) in [4.78, 5) is 4.20. The first-order valence-electron chi connectivity index (χ1n) is 5.65. The molecule has 0 spiro atoms. The summed E-state index contributed by atoms with van der Waals surface area (Å²) in [6.45, 7) is 6.06. The van der Waals surface area contributed by atoms with Crippen LogP contribution in [-0.2, 0) is 17.1 Å². The Bertz CT molecular complexity index is 394. The van der Waals surface area contributed by atoms with Gasteiger partial charge in [-0.25, -0.2) is 0 Å². The van der Waals surface area contributed by atoms with E-state index in [1.807, 2.05) is 25.1 Å². The molecule has 1 atom stereocenters. The molecule has 0 aromatic carbocycles. The van der Waals surface area contributed by atoms with Gasteiger partial charge in [0.1, 0.15) is 0 Å². The van der Waals surface area contributed by atoms with Crippen molar-refractivity contribution < 1.29 is 17.1 Å². The SMILES string of the molecule is CCC(C)NC(=S)NN=C(C)c1ccccn1.[Cu+2]. The first-order valence-corrected chi connectivity index (χ1v) is 6.06. The van der Waals surface area contributed by atoms with Crippen molar-refractivity contribution in [3.8, 4) is 0 Å². The van der Waals surface area contributed by atoms with E-state index in [-0.39, 0.29) is 17.1 Å². The van der Waals surface area contributed by atoms with E-state index in [0.29, 0.717) is 11.2 Å². The number of hydrogen-bond acceptors (Lipinski definition) is 3. The minimum Gasteiger partial charge on any atom is -0.359 e. The Morgan fingerprint density at radius 1 is 1.50 bits per heavy atom. The normalized spacial score (nSPS) is 12.3. The third kappa shape index (κ3) is 6.10. The van der Waals surface area contributed by atoms with Crippen molar-refractivity contribution in [2.24, 2.45) is 5.10 Å². The summed E-state index contributed by atoms with van der Waals surface area (Å²) in [5.41, 5.74) is 4.46. The Morgan fingerprint density at radius 2 is 2.22 bits per heavy atom. The molecule has 1 radical (unpaired) electrons. The minimum atomic E-state index is 0. The van der Waals surface area contributed by atoms with E-state index in [1.165, 1.54) is 0 Å². The quantitative estimate of drug-likeness (QED) is 0.387. The summed E-state index contributed by atoms with van der Waals surface area (Å²) in [5, 5.41) is 7.85. The van der Waals surface area contributed by atoms with Crippen LogP contribution in [0.4, 0.5) is 0 Å². The van der Waals surface area contributed by atoms with Crippen LogP contribution in [0.5, 0.6) is 0 Å². The van der Waals surface area contributed by atoms with Gasteiger partial charge >= 0.3 is 17.1 Å². The zero-order valence-electron chi connectivity index (χ0n) is 10.7. The van der Waals surface area contributed by atoms with Crippen molar-refractivity contribution >= 4 is 23.0 Å². The molecule has 0 aliphatic heterocycles. The van der Waals surface area contributed by atoms with Gasteiger partial charge in [0, 0.05) is 12.2 Å². The predicted octanol–water partition coefficient (Wildman–Crippen LogP) is 2.07. The average Bonchev–Trinajstić information content (AvgIpc) is 2.36. The first-order chi connectivity index (χ1) is 8.13. The Morgan fingerprint density at radius 3 is 2.78 bits per heavy atom. The van der Waals surface area contributed by atoms with Crippen molar-refractivity contribution in [1.82, 2.24) is 15.7 Å². The molecule has 2 N–H and O–H groups in total. The molecule has 1 aromatic rings. The first kappa shape index (κ1) is 17.0. The van der Waals surface area contributed by atoms with E-state index in [4.69, 9.17) is 12.2 Å². The maximum absolute atomic E-state index is 5.12. The van der Waals surface area contributed by atoms with Crippen LogP contribution in [0.3, 0.4) is 0 Å². The van der Waals surface area contributed by atoms with E-state index < -0.39 is 0 Å². The van der Waals surface area contributed by atoms with Gasteiger partial charge in [0.2, 0.25) is 0 Å². The summed E-state index contributed by atoms with van der Waals surface area (Å²) in [5.74, 6) is 0. The van der Waals surface area contributed by atoms with E-state index in [2.05, 4.69) is 34.7 Å². The Kier molecular flexibility index (Phi) is 8.54. The fraction of sp³-hybridized carbons (Fsp3) is 0.417. The van der Waals surface area contributed by atoms with Crippen LogP contribution in [0.25, 0.3) is 0 Å². The summed E-state index contributed by atoms with van der Waals surface area (Å²) >= 11 is 5.12. The van der Waals surface area contributed by atoms with Gasteiger partial charge in [0.25, 0.3) is 0 Å². The van der Waals surface area contributed by atoms with Crippen LogP contribution in [-0.4, -0.2) is 21.8 Å². The van der Waals surface area contributed by atoms with Crippen LogP contribution >= 0.6 is 12.2 Å².